The van der Waals surface area contributed by atoms with Crippen molar-refractivity contribution in [1.29, 1.82) is 0 Å². The molecule has 2 aromatic rings. The van der Waals surface area contributed by atoms with Crippen molar-refractivity contribution in [3.8, 4) is 17.6 Å². The highest BCUT2D eigenvalue weighted by Crippen LogP contribution is 2.11. The number of methoxy groups -OCH3 is 1. The van der Waals surface area contributed by atoms with Gasteiger partial charge in [0.25, 0.3) is 0 Å². The molecule has 1 amide bonds. The molecule has 0 atom stereocenters. The Balaban J connectivity index is 1.82. The van der Waals surface area contributed by atoms with Crippen LogP contribution in [0.5, 0.6) is 5.75 Å². The third-order valence-corrected chi connectivity index (χ3v) is 2.99. The minimum absolute atomic E-state index is 0.131. The SMILES string of the molecule is COc1ccc(CC(=O)NCC#Cc2ccccc2F)cc1. The van der Waals surface area contributed by atoms with Crippen LogP contribution in [0.1, 0.15) is 11.1 Å². The van der Waals surface area contributed by atoms with Gasteiger partial charge >= 0.3 is 0 Å². The van der Waals surface area contributed by atoms with E-state index in [9.17, 15) is 9.18 Å². The molecule has 112 valence electrons. The van der Waals surface area contributed by atoms with Crippen molar-refractivity contribution < 1.29 is 13.9 Å². The maximum absolute atomic E-state index is 13.3. The quantitative estimate of drug-likeness (QED) is 0.881. The Morgan fingerprint density at radius 1 is 1.18 bits per heavy atom. The lowest BCUT2D eigenvalue weighted by Crippen LogP contribution is -2.25. The zero-order valence-electron chi connectivity index (χ0n) is 12.2. The average molecular weight is 297 g/mol. The van der Waals surface area contributed by atoms with Gasteiger partial charge in [0.1, 0.15) is 11.6 Å². The molecule has 4 heteroatoms. The van der Waals surface area contributed by atoms with Crippen molar-refractivity contribution in [1.82, 2.24) is 5.32 Å². The first-order valence-corrected chi connectivity index (χ1v) is 6.82. The van der Waals surface area contributed by atoms with Crippen LogP contribution in [0.3, 0.4) is 0 Å². The highest BCUT2D eigenvalue weighted by Gasteiger charge is 2.02. The summed E-state index contributed by atoms with van der Waals surface area (Å²) < 4.78 is 18.4. The largest absolute Gasteiger partial charge is 0.497 e. The van der Waals surface area contributed by atoms with Crippen LogP contribution in [-0.2, 0) is 11.2 Å². The van der Waals surface area contributed by atoms with Crippen molar-refractivity contribution in [2.75, 3.05) is 13.7 Å². The summed E-state index contributed by atoms with van der Waals surface area (Å²) in [5, 5.41) is 2.68. The fraction of sp³-hybridized carbons (Fsp3) is 0.167. The van der Waals surface area contributed by atoms with E-state index in [1.165, 1.54) is 6.07 Å². The van der Waals surface area contributed by atoms with Gasteiger partial charge in [0.2, 0.25) is 5.91 Å². The summed E-state index contributed by atoms with van der Waals surface area (Å²) >= 11 is 0. The van der Waals surface area contributed by atoms with Gasteiger partial charge in [-0.15, -0.1) is 0 Å². The predicted octanol–water partition coefficient (Wildman–Crippen LogP) is 2.54. The number of hydrogen-bond donors (Lipinski definition) is 1. The van der Waals surface area contributed by atoms with E-state index < -0.39 is 0 Å². The number of rotatable bonds is 4. The zero-order valence-corrected chi connectivity index (χ0v) is 12.2. The number of nitrogens with one attached hydrogen (secondary N) is 1. The van der Waals surface area contributed by atoms with Crippen molar-refractivity contribution in [2.45, 2.75) is 6.42 Å². The van der Waals surface area contributed by atoms with E-state index in [2.05, 4.69) is 17.2 Å². The van der Waals surface area contributed by atoms with E-state index in [0.29, 0.717) is 5.56 Å². The first-order chi connectivity index (χ1) is 10.7. The van der Waals surface area contributed by atoms with Crippen LogP contribution in [0, 0.1) is 17.7 Å². The Bertz CT molecular complexity index is 699. The molecule has 0 aromatic heterocycles. The van der Waals surface area contributed by atoms with Gasteiger partial charge in [-0.25, -0.2) is 4.39 Å². The zero-order chi connectivity index (χ0) is 15.8. The Kier molecular flexibility index (Phi) is 5.56. The molecule has 0 saturated heterocycles. The molecule has 1 N–H and O–H groups in total. The second-order valence-corrected chi connectivity index (χ2v) is 4.58. The van der Waals surface area contributed by atoms with Crippen LogP contribution in [-0.4, -0.2) is 19.6 Å². The highest BCUT2D eigenvalue weighted by molar-refractivity contribution is 5.78. The molecule has 0 bridgehead atoms. The smallest absolute Gasteiger partial charge is 0.225 e. The fourth-order valence-electron chi connectivity index (χ4n) is 1.84. The summed E-state index contributed by atoms with van der Waals surface area (Å²) in [6.07, 6.45) is 0.269. The average Bonchev–Trinajstić information content (AvgIpc) is 2.54. The standard InChI is InChI=1S/C18H16FNO2/c1-22-16-10-8-14(9-11-16)13-18(21)20-12-4-6-15-5-2-3-7-17(15)19/h2-3,5,7-11H,12-13H2,1H3,(H,20,21). The lowest BCUT2D eigenvalue weighted by Gasteiger charge is -2.03. The molecule has 0 radical (unpaired) electrons. The summed E-state index contributed by atoms with van der Waals surface area (Å²) in [6.45, 7) is 0.184. The van der Waals surface area contributed by atoms with Gasteiger partial charge in [0.05, 0.1) is 25.6 Å². The number of carbonyl (C=O) groups excluding carboxylic acids is 1. The van der Waals surface area contributed by atoms with Gasteiger partial charge in [-0.05, 0) is 29.8 Å². The second-order valence-electron chi connectivity index (χ2n) is 4.58. The highest BCUT2D eigenvalue weighted by atomic mass is 19.1. The van der Waals surface area contributed by atoms with Crippen LogP contribution in [0.2, 0.25) is 0 Å². The minimum atomic E-state index is -0.362. The molecule has 0 unspecified atom stereocenters. The molecule has 22 heavy (non-hydrogen) atoms. The molecular formula is C18H16FNO2. The summed E-state index contributed by atoms with van der Waals surface area (Å²) in [7, 11) is 1.59. The van der Waals surface area contributed by atoms with Gasteiger partial charge < -0.3 is 10.1 Å². The van der Waals surface area contributed by atoms with Gasteiger partial charge in [-0.1, -0.05) is 36.1 Å². The molecule has 0 aliphatic carbocycles. The molecule has 0 aliphatic rings. The Hall–Kier alpha value is -2.80. The number of benzene rings is 2. The molecule has 2 rings (SSSR count). The fourth-order valence-corrected chi connectivity index (χ4v) is 1.84. The van der Waals surface area contributed by atoms with Crippen LogP contribution < -0.4 is 10.1 Å². The number of hydrogen-bond acceptors (Lipinski definition) is 2. The molecule has 0 spiro atoms. The van der Waals surface area contributed by atoms with Crippen molar-refractivity contribution >= 4 is 5.91 Å². The maximum atomic E-state index is 13.3. The number of halogens is 1. The van der Waals surface area contributed by atoms with Crippen LogP contribution >= 0.6 is 0 Å². The third-order valence-electron chi connectivity index (χ3n) is 2.99. The van der Waals surface area contributed by atoms with Gasteiger partial charge in [0, 0.05) is 0 Å². The van der Waals surface area contributed by atoms with E-state index in [-0.39, 0.29) is 24.7 Å². The first kappa shape index (κ1) is 15.6. The normalized spacial score (nSPS) is 9.55. The van der Waals surface area contributed by atoms with Gasteiger partial charge in [-0.2, -0.15) is 0 Å². The Labute approximate surface area is 129 Å². The topological polar surface area (TPSA) is 38.3 Å². The molecule has 2 aromatic carbocycles. The lowest BCUT2D eigenvalue weighted by atomic mass is 10.1. The molecule has 0 saturated carbocycles. The molecule has 0 aliphatic heterocycles. The van der Waals surface area contributed by atoms with E-state index >= 15 is 0 Å². The predicted molar refractivity (Wildman–Crippen MR) is 83.0 cm³/mol. The number of ether oxygens (including phenoxy) is 1. The number of carbonyl (C=O) groups is 1. The first-order valence-electron chi connectivity index (χ1n) is 6.82. The van der Waals surface area contributed by atoms with E-state index in [1.807, 2.05) is 12.1 Å². The van der Waals surface area contributed by atoms with Crippen molar-refractivity contribution in [2.24, 2.45) is 0 Å². The van der Waals surface area contributed by atoms with Crippen LogP contribution in [0.25, 0.3) is 0 Å². The van der Waals surface area contributed by atoms with Crippen LogP contribution in [0.15, 0.2) is 48.5 Å². The molecule has 0 heterocycles. The van der Waals surface area contributed by atoms with Crippen molar-refractivity contribution in [3.63, 3.8) is 0 Å². The summed E-state index contributed by atoms with van der Waals surface area (Å²) in [6, 6.07) is 13.6. The molecular weight excluding hydrogens is 281 g/mol. The van der Waals surface area contributed by atoms with Gasteiger partial charge in [0.15, 0.2) is 0 Å². The molecule has 3 nitrogen and oxygen atoms in total. The minimum Gasteiger partial charge on any atom is -0.497 e. The summed E-state index contributed by atoms with van der Waals surface area (Å²) in [4.78, 5) is 11.8. The summed E-state index contributed by atoms with van der Waals surface area (Å²) in [5.41, 5.74) is 1.22. The van der Waals surface area contributed by atoms with E-state index in [1.54, 1.807) is 37.4 Å². The summed E-state index contributed by atoms with van der Waals surface area (Å²) in [5.74, 6) is 5.68. The van der Waals surface area contributed by atoms with E-state index in [4.69, 9.17) is 4.74 Å². The lowest BCUT2D eigenvalue weighted by molar-refractivity contribution is -0.120. The monoisotopic (exact) mass is 297 g/mol. The van der Waals surface area contributed by atoms with Gasteiger partial charge in [-0.3, -0.25) is 4.79 Å². The maximum Gasteiger partial charge on any atom is 0.225 e. The van der Waals surface area contributed by atoms with Crippen molar-refractivity contribution in [3.05, 3.63) is 65.5 Å². The van der Waals surface area contributed by atoms with Crippen LogP contribution in [0.4, 0.5) is 4.39 Å². The Morgan fingerprint density at radius 2 is 1.91 bits per heavy atom. The number of amides is 1. The molecule has 0 fully saturated rings. The second kappa shape index (κ2) is 7.84. The Morgan fingerprint density at radius 3 is 2.59 bits per heavy atom. The van der Waals surface area contributed by atoms with E-state index in [0.717, 1.165) is 11.3 Å². The third kappa shape index (κ3) is 4.64.